The molecule has 3 aromatic rings. The van der Waals surface area contributed by atoms with Gasteiger partial charge >= 0.3 is 5.97 Å². The van der Waals surface area contributed by atoms with Crippen molar-refractivity contribution in [2.45, 2.75) is 39.8 Å². The number of allylic oxidation sites excluding steroid dienone is 1. The van der Waals surface area contributed by atoms with Crippen LogP contribution in [0, 0.1) is 5.82 Å². The van der Waals surface area contributed by atoms with Crippen LogP contribution < -0.4 is 24.4 Å². The SMILES string of the molecule is CCOC(=O)C1=C(C)N=c2s/c(=C\c3ccc(OC(C)C)c(OC)c3)c(=O)n2[C@@H]1c1ccc(F)cc1. The van der Waals surface area contributed by atoms with Gasteiger partial charge in [-0.3, -0.25) is 9.36 Å². The normalized spacial score (nSPS) is 15.5. The second kappa shape index (κ2) is 10.5. The minimum atomic E-state index is -0.792. The number of thiazole rings is 1. The molecule has 0 fully saturated rings. The van der Waals surface area contributed by atoms with E-state index in [1.54, 1.807) is 51.3 Å². The van der Waals surface area contributed by atoms with Crippen LogP contribution in [0.2, 0.25) is 0 Å². The molecule has 0 saturated carbocycles. The largest absolute Gasteiger partial charge is 0.493 e. The average molecular weight is 511 g/mol. The highest BCUT2D eigenvalue weighted by molar-refractivity contribution is 7.07. The topological polar surface area (TPSA) is 79.1 Å². The number of carbonyl (C=O) groups excluding carboxylic acids is 1. The Balaban J connectivity index is 1.88. The first kappa shape index (κ1) is 25.4. The van der Waals surface area contributed by atoms with Crippen molar-refractivity contribution in [3.8, 4) is 11.5 Å². The predicted octanol–water partition coefficient (Wildman–Crippen LogP) is 3.73. The van der Waals surface area contributed by atoms with E-state index >= 15 is 0 Å². The maximum Gasteiger partial charge on any atom is 0.338 e. The zero-order valence-corrected chi connectivity index (χ0v) is 21.5. The fourth-order valence-electron chi connectivity index (χ4n) is 4.03. The van der Waals surface area contributed by atoms with Gasteiger partial charge in [-0.05, 0) is 69.2 Å². The molecule has 1 aromatic heterocycles. The molecule has 188 valence electrons. The van der Waals surface area contributed by atoms with E-state index in [2.05, 4.69) is 4.99 Å². The number of hydrogen-bond acceptors (Lipinski definition) is 7. The Morgan fingerprint density at radius 2 is 1.92 bits per heavy atom. The van der Waals surface area contributed by atoms with Crippen LogP contribution in [0.4, 0.5) is 4.39 Å². The molecule has 0 amide bonds. The Hall–Kier alpha value is -3.72. The van der Waals surface area contributed by atoms with E-state index in [4.69, 9.17) is 14.2 Å². The molecule has 1 aliphatic heterocycles. The van der Waals surface area contributed by atoms with Gasteiger partial charge in [0.15, 0.2) is 16.3 Å². The lowest BCUT2D eigenvalue weighted by Gasteiger charge is -2.24. The Labute approximate surface area is 211 Å². The summed E-state index contributed by atoms with van der Waals surface area (Å²) in [4.78, 5) is 31.5. The van der Waals surface area contributed by atoms with E-state index in [-0.39, 0.29) is 23.8 Å². The van der Waals surface area contributed by atoms with Gasteiger partial charge in [-0.15, -0.1) is 0 Å². The van der Waals surface area contributed by atoms with Gasteiger partial charge < -0.3 is 14.2 Å². The molecule has 0 bridgehead atoms. The number of halogens is 1. The van der Waals surface area contributed by atoms with Crippen LogP contribution in [0.25, 0.3) is 6.08 Å². The fraction of sp³-hybridized carbons (Fsp3) is 0.296. The van der Waals surface area contributed by atoms with Gasteiger partial charge in [0.05, 0.1) is 41.7 Å². The van der Waals surface area contributed by atoms with Crippen LogP contribution in [0.15, 0.2) is 63.5 Å². The molecule has 0 radical (unpaired) electrons. The van der Waals surface area contributed by atoms with Gasteiger partial charge in [0.25, 0.3) is 5.56 Å². The molecule has 0 N–H and O–H groups in total. The van der Waals surface area contributed by atoms with E-state index < -0.39 is 17.8 Å². The van der Waals surface area contributed by atoms with Gasteiger partial charge in [-0.1, -0.05) is 29.5 Å². The summed E-state index contributed by atoms with van der Waals surface area (Å²) < 4.78 is 32.1. The number of methoxy groups -OCH3 is 1. The maximum atomic E-state index is 13.7. The third kappa shape index (κ3) is 4.97. The quantitative estimate of drug-likeness (QED) is 0.453. The number of nitrogens with zero attached hydrogens (tertiary/aromatic N) is 2. The summed E-state index contributed by atoms with van der Waals surface area (Å²) >= 11 is 1.21. The lowest BCUT2D eigenvalue weighted by molar-refractivity contribution is -0.139. The van der Waals surface area contributed by atoms with E-state index in [1.807, 2.05) is 19.9 Å². The number of ether oxygens (including phenoxy) is 3. The number of carbonyl (C=O) groups is 1. The Morgan fingerprint density at radius 3 is 2.56 bits per heavy atom. The van der Waals surface area contributed by atoms with Crippen LogP contribution >= 0.6 is 11.3 Å². The molecule has 7 nitrogen and oxygen atoms in total. The maximum absolute atomic E-state index is 13.7. The van der Waals surface area contributed by atoms with Crippen LogP contribution in [0.3, 0.4) is 0 Å². The molecule has 0 spiro atoms. The zero-order chi connectivity index (χ0) is 26.0. The third-order valence-electron chi connectivity index (χ3n) is 5.55. The van der Waals surface area contributed by atoms with Crippen LogP contribution in [-0.2, 0) is 9.53 Å². The summed E-state index contributed by atoms with van der Waals surface area (Å²) in [6.07, 6.45) is 1.73. The zero-order valence-electron chi connectivity index (χ0n) is 20.7. The average Bonchev–Trinajstić information content (AvgIpc) is 3.13. The molecule has 1 atom stereocenters. The minimum Gasteiger partial charge on any atom is -0.493 e. The lowest BCUT2D eigenvalue weighted by atomic mass is 9.96. The first-order valence-corrected chi connectivity index (χ1v) is 12.3. The summed E-state index contributed by atoms with van der Waals surface area (Å²) in [7, 11) is 1.56. The number of esters is 1. The molecule has 2 heterocycles. The standard InChI is InChI=1S/C27H27FN2O5S/c1-6-34-26(32)23-16(4)29-27-30(24(23)18-8-10-19(28)11-9-18)25(31)22(36-27)14-17-7-12-20(35-15(2)3)21(13-17)33-5/h7-15,24H,6H2,1-5H3/b22-14-/t24-/m1/s1. The summed E-state index contributed by atoms with van der Waals surface area (Å²) in [6, 6.07) is 10.4. The molecule has 36 heavy (non-hydrogen) atoms. The van der Waals surface area contributed by atoms with Crippen molar-refractivity contribution >= 4 is 23.4 Å². The first-order chi connectivity index (χ1) is 17.2. The Kier molecular flexibility index (Phi) is 7.40. The fourth-order valence-corrected chi connectivity index (χ4v) is 5.08. The second-order valence-electron chi connectivity index (χ2n) is 8.43. The highest BCUT2D eigenvalue weighted by Crippen LogP contribution is 2.31. The molecule has 0 unspecified atom stereocenters. The first-order valence-electron chi connectivity index (χ1n) is 11.5. The van der Waals surface area contributed by atoms with Gasteiger partial charge in [-0.2, -0.15) is 0 Å². The smallest absolute Gasteiger partial charge is 0.338 e. The molecule has 0 aliphatic carbocycles. The number of aromatic nitrogens is 1. The predicted molar refractivity (Wildman–Crippen MR) is 136 cm³/mol. The van der Waals surface area contributed by atoms with Crippen LogP contribution in [-0.4, -0.2) is 30.4 Å². The van der Waals surface area contributed by atoms with E-state index in [1.165, 1.54) is 28.0 Å². The van der Waals surface area contributed by atoms with Crippen LogP contribution in [0.1, 0.15) is 44.9 Å². The highest BCUT2D eigenvalue weighted by atomic mass is 32.1. The highest BCUT2D eigenvalue weighted by Gasteiger charge is 2.33. The van der Waals surface area contributed by atoms with Crippen molar-refractivity contribution in [3.05, 3.63) is 90.4 Å². The minimum absolute atomic E-state index is 0.0169. The number of benzene rings is 2. The summed E-state index contributed by atoms with van der Waals surface area (Å²) in [5.74, 6) is 0.184. The third-order valence-corrected chi connectivity index (χ3v) is 6.53. The molecular formula is C27H27FN2O5S. The monoisotopic (exact) mass is 510 g/mol. The van der Waals surface area contributed by atoms with E-state index in [0.29, 0.717) is 32.1 Å². The van der Waals surface area contributed by atoms with Gasteiger partial charge in [0, 0.05) is 0 Å². The van der Waals surface area contributed by atoms with Crippen LogP contribution in [0.5, 0.6) is 11.5 Å². The Bertz CT molecular complexity index is 1500. The number of hydrogen-bond donors (Lipinski definition) is 0. The number of rotatable bonds is 7. The van der Waals surface area contributed by atoms with Crippen molar-refractivity contribution < 1.29 is 23.4 Å². The van der Waals surface area contributed by atoms with Gasteiger partial charge in [0.2, 0.25) is 0 Å². The van der Waals surface area contributed by atoms with Crippen molar-refractivity contribution in [2.24, 2.45) is 4.99 Å². The molecule has 4 rings (SSSR count). The summed E-state index contributed by atoms with van der Waals surface area (Å²) in [5.41, 5.74) is 1.71. The lowest BCUT2D eigenvalue weighted by Crippen LogP contribution is -2.39. The van der Waals surface area contributed by atoms with Gasteiger partial charge in [0.1, 0.15) is 5.82 Å². The molecule has 9 heteroatoms. The van der Waals surface area contributed by atoms with E-state index in [0.717, 1.165) is 5.56 Å². The Morgan fingerprint density at radius 1 is 1.19 bits per heavy atom. The summed E-state index contributed by atoms with van der Waals surface area (Å²) in [5, 5.41) is 0. The van der Waals surface area contributed by atoms with Gasteiger partial charge in [-0.25, -0.2) is 14.2 Å². The molecule has 1 aliphatic rings. The number of fused-ring (bicyclic) bond motifs is 1. The van der Waals surface area contributed by atoms with Crippen molar-refractivity contribution in [2.75, 3.05) is 13.7 Å². The molecule has 0 saturated heterocycles. The van der Waals surface area contributed by atoms with E-state index in [9.17, 15) is 14.0 Å². The summed E-state index contributed by atoms with van der Waals surface area (Å²) in [6.45, 7) is 7.45. The van der Waals surface area contributed by atoms with Crippen molar-refractivity contribution in [3.63, 3.8) is 0 Å². The van der Waals surface area contributed by atoms with Crippen molar-refractivity contribution in [1.29, 1.82) is 0 Å². The van der Waals surface area contributed by atoms with Crippen molar-refractivity contribution in [1.82, 2.24) is 4.57 Å². The second-order valence-corrected chi connectivity index (χ2v) is 9.44. The molecular weight excluding hydrogens is 483 g/mol. The molecule has 2 aromatic carbocycles.